The fourth-order valence-corrected chi connectivity index (χ4v) is 3.23. The van der Waals surface area contributed by atoms with Crippen molar-refractivity contribution in [3.8, 4) is 0 Å². The molecular formula is C20H10N2S2. The van der Waals surface area contributed by atoms with Crippen molar-refractivity contribution in [2.75, 3.05) is 0 Å². The molecule has 4 rings (SSSR count). The monoisotopic (exact) mass is 342 g/mol. The van der Waals surface area contributed by atoms with E-state index in [1.54, 1.807) is 0 Å². The van der Waals surface area contributed by atoms with Crippen LogP contribution in [0.5, 0.6) is 0 Å². The molecule has 4 aromatic carbocycles. The molecule has 0 saturated carbocycles. The van der Waals surface area contributed by atoms with Crippen molar-refractivity contribution >= 4 is 78.5 Å². The summed E-state index contributed by atoms with van der Waals surface area (Å²) in [6.45, 7) is 0. The Morgan fingerprint density at radius 2 is 1.25 bits per heavy atom. The van der Waals surface area contributed by atoms with E-state index in [1.165, 1.54) is 16.2 Å². The molecule has 24 heavy (non-hydrogen) atoms. The first-order valence-electron chi connectivity index (χ1n) is 7.35. The SMILES string of the molecule is S=C=Nc1ccc2cc3cc4ccccc4cc3cc2c1N=C=S. The number of nitrogens with zero attached hydrogens (tertiary/aromatic N) is 2. The highest BCUT2D eigenvalue weighted by molar-refractivity contribution is 7.78. The van der Waals surface area contributed by atoms with Crippen molar-refractivity contribution in [1.29, 1.82) is 0 Å². The first-order valence-corrected chi connectivity index (χ1v) is 8.17. The van der Waals surface area contributed by atoms with Crippen LogP contribution in [0.25, 0.3) is 32.3 Å². The zero-order valence-corrected chi connectivity index (χ0v) is 14.1. The summed E-state index contributed by atoms with van der Waals surface area (Å²) < 4.78 is 0. The normalized spacial score (nSPS) is 10.5. The van der Waals surface area contributed by atoms with Gasteiger partial charge in [0, 0.05) is 5.39 Å². The van der Waals surface area contributed by atoms with Crippen molar-refractivity contribution in [2.45, 2.75) is 0 Å². The molecule has 0 aliphatic heterocycles. The highest BCUT2D eigenvalue weighted by Gasteiger charge is 2.08. The first-order chi connectivity index (χ1) is 11.8. The van der Waals surface area contributed by atoms with E-state index < -0.39 is 0 Å². The molecule has 0 fully saturated rings. The smallest absolute Gasteiger partial charge is 0.108 e. The van der Waals surface area contributed by atoms with Crippen LogP contribution in [-0.2, 0) is 0 Å². The van der Waals surface area contributed by atoms with E-state index in [0.29, 0.717) is 11.4 Å². The summed E-state index contributed by atoms with van der Waals surface area (Å²) in [4.78, 5) is 8.30. The number of hydrogen-bond acceptors (Lipinski definition) is 4. The molecular weight excluding hydrogens is 332 g/mol. The Morgan fingerprint density at radius 1 is 0.625 bits per heavy atom. The molecule has 0 aliphatic rings. The lowest BCUT2D eigenvalue weighted by molar-refractivity contribution is 1.51. The van der Waals surface area contributed by atoms with Crippen molar-refractivity contribution in [3.05, 3.63) is 60.7 Å². The second-order valence-corrected chi connectivity index (χ2v) is 5.82. The molecule has 0 spiro atoms. The molecule has 0 aromatic heterocycles. The summed E-state index contributed by atoms with van der Waals surface area (Å²) in [6, 6.07) is 20.9. The molecule has 4 heteroatoms. The summed E-state index contributed by atoms with van der Waals surface area (Å²) in [5.74, 6) is 0. The lowest BCUT2D eigenvalue weighted by Crippen LogP contribution is -1.80. The minimum Gasteiger partial charge on any atom is -0.192 e. The van der Waals surface area contributed by atoms with Crippen molar-refractivity contribution in [3.63, 3.8) is 0 Å². The van der Waals surface area contributed by atoms with E-state index in [4.69, 9.17) is 24.4 Å². The molecule has 0 N–H and O–H groups in total. The van der Waals surface area contributed by atoms with Gasteiger partial charge in [-0.05, 0) is 81.7 Å². The van der Waals surface area contributed by atoms with Crippen LogP contribution in [0.15, 0.2) is 70.6 Å². The van der Waals surface area contributed by atoms with Gasteiger partial charge < -0.3 is 0 Å². The summed E-state index contributed by atoms with van der Waals surface area (Å²) in [5, 5.41) is 11.6. The predicted octanol–water partition coefficient (Wildman–Crippen LogP) is 6.61. The van der Waals surface area contributed by atoms with Gasteiger partial charge in [-0.1, -0.05) is 30.3 Å². The zero-order valence-electron chi connectivity index (χ0n) is 12.5. The zero-order chi connectivity index (χ0) is 16.5. The van der Waals surface area contributed by atoms with Crippen LogP contribution in [0.4, 0.5) is 11.4 Å². The van der Waals surface area contributed by atoms with Gasteiger partial charge in [0.15, 0.2) is 0 Å². The van der Waals surface area contributed by atoms with Gasteiger partial charge in [0.1, 0.15) is 11.4 Å². The number of benzene rings is 4. The molecule has 2 nitrogen and oxygen atoms in total. The number of isothiocyanates is 2. The molecule has 0 heterocycles. The van der Waals surface area contributed by atoms with E-state index in [0.717, 1.165) is 16.2 Å². The summed E-state index contributed by atoms with van der Waals surface area (Å²) >= 11 is 9.52. The minimum atomic E-state index is 0.648. The van der Waals surface area contributed by atoms with Gasteiger partial charge in [-0.15, -0.1) is 0 Å². The largest absolute Gasteiger partial charge is 0.192 e. The third-order valence-electron chi connectivity index (χ3n) is 4.12. The molecule has 0 unspecified atom stereocenters. The second-order valence-electron chi connectivity index (χ2n) is 5.46. The molecule has 0 bridgehead atoms. The lowest BCUT2D eigenvalue weighted by Gasteiger charge is -2.08. The molecule has 0 radical (unpaired) electrons. The van der Waals surface area contributed by atoms with Gasteiger partial charge in [0.2, 0.25) is 0 Å². The van der Waals surface area contributed by atoms with Crippen molar-refractivity contribution < 1.29 is 0 Å². The topological polar surface area (TPSA) is 24.7 Å². The van der Waals surface area contributed by atoms with E-state index >= 15 is 0 Å². The predicted molar refractivity (Wildman–Crippen MR) is 108 cm³/mol. The quantitative estimate of drug-likeness (QED) is 0.232. The molecule has 0 amide bonds. The lowest BCUT2D eigenvalue weighted by atomic mass is 9.98. The third kappa shape index (κ3) is 2.44. The van der Waals surface area contributed by atoms with E-state index in [9.17, 15) is 0 Å². The highest BCUT2D eigenvalue weighted by atomic mass is 32.1. The Kier molecular flexibility index (Phi) is 3.73. The Hall–Kier alpha value is -2.74. The van der Waals surface area contributed by atoms with E-state index in [-0.39, 0.29) is 0 Å². The van der Waals surface area contributed by atoms with Gasteiger partial charge in [0.05, 0.1) is 10.3 Å². The molecule has 112 valence electrons. The maximum absolute atomic E-state index is 4.80. The fourth-order valence-electron chi connectivity index (χ4n) is 3.04. The van der Waals surface area contributed by atoms with Crippen LogP contribution in [-0.4, -0.2) is 10.3 Å². The molecule has 4 aromatic rings. The van der Waals surface area contributed by atoms with Crippen molar-refractivity contribution in [1.82, 2.24) is 0 Å². The van der Waals surface area contributed by atoms with Gasteiger partial charge in [-0.25, -0.2) is 0 Å². The first kappa shape index (κ1) is 14.8. The van der Waals surface area contributed by atoms with Crippen LogP contribution in [0, 0.1) is 0 Å². The average Bonchev–Trinajstić information content (AvgIpc) is 2.60. The number of rotatable bonds is 2. The molecule has 0 atom stereocenters. The average molecular weight is 342 g/mol. The maximum atomic E-state index is 4.80. The van der Waals surface area contributed by atoms with Crippen LogP contribution in [0.3, 0.4) is 0 Å². The van der Waals surface area contributed by atoms with Crippen molar-refractivity contribution in [2.24, 2.45) is 9.98 Å². The Balaban J connectivity index is 2.15. The number of fused-ring (bicyclic) bond motifs is 3. The summed E-state index contributed by atoms with van der Waals surface area (Å²) in [6.07, 6.45) is 0. The Bertz CT molecular complexity index is 1210. The van der Waals surface area contributed by atoms with E-state index in [2.05, 4.69) is 62.8 Å². The van der Waals surface area contributed by atoms with Gasteiger partial charge >= 0.3 is 0 Å². The van der Waals surface area contributed by atoms with Gasteiger partial charge in [0.25, 0.3) is 0 Å². The third-order valence-corrected chi connectivity index (χ3v) is 4.30. The number of hydrogen-bond donors (Lipinski definition) is 0. The fraction of sp³-hybridized carbons (Fsp3) is 0. The standard InChI is InChI=1S/C20H10N2S2/c23-11-21-19-6-5-15-9-16-7-13-3-1-2-4-14(13)8-17(16)10-18(15)20(19)22-12-24/h1-10H. The highest BCUT2D eigenvalue weighted by Crippen LogP contribution is 2.38. The number of thiocarbonyl (C=S) groups is 2. The van der Waals surface area contributed by atoms with Crippen LogP contribution < -0.4 is 0 Å². The van der Waals surface area contributed by atoms with Gasteiger partial charge in [-0.2, -0.15) is 9.98 Å². The number of aliphatic imine (C=N–C) groups is 2. The summed E-state index contributed by atoms with van der Waals surface area (Å²) in [7, 11) is 0. The van der Waals surface area contributed by atoms with Crippen LogP contribution in [0.2, 0.25) is 0 Å². The van der Waals surface area contributed by atoms with Crippen LogP contribution in [0.1, 0.15) is 0 Å². The van der Waals surface area contributed by atoms with Crippen LogP contribution >= 0.6 is 24.4 Å². The second kappa shape index (κ2) is 6.04. The molecule has 0 saturated heterocycles. The van der Waals surface area contributed by atoms with E-state index in [1.807, 2.05) is 18.2 Å². The Morgan fingerprint density at radius 3 is 1.92 bits per heavy atom. The minimum absolute atomic E-state index is 0.648. The summed E-state index contributed by atoms with van der Waals surface area (Å²) in [5.41, 5.74) is 1.32. The van der Waals surface area contributed by atoms with Gasteiger partial charge in [-0.3, -0.25) is 0 Å². The maximum Gasteiger partial charge on any atom is 0.108 e. The Labute approximate surface area is 149 Å². The molecule has 0 aliphatic carbocycles.